The Morgan fingerprint density at radius 1 is 1.18 bits per heavy atom. The minimum atomic E-state index is -0.877. The highest BCUT2D eigenvalue weighted by molar-refractivity contribution is 5.74. The van der Waals surface area contributed by atoms with Crippen LogP contribution in [0.1, 0.15) is 12.5 Å². The average Bonchev–Trinajstić information content (AvgIpc) is 3.03. The standard InChI is InChI=1S/C19H25N5O4/c1-5-20-18-21-16-15(17(26)23(4)19(27)22(16)3)24(18)10-13(25)11-28-14-8-6-12(2)7-9-14/h6-9,13,25H,5,10-11H2,1-4H3,(H,20,21)/t13-/m1/s1. The molecule has 0 saturated carbocycles. The number of rotatable bonds is 7. The van der Waals surface area contributed by atoms with E-state index < -0.39 is 17.4 Å². The molecule has 0 bridgehead atoms. The van der Waals surface area contributed by atoms with Gasteiger partial charge in [0, 0.05) is 20.6 Å². The van der Waals surface area contributed by atoms with Crippen molar-refractivity contribution in [1.82, 2.24) is 18.7 Å². The Morgan fingerprint density at radius 2 is 1.86 bits per heavy atom. The number of nitrogens with one attached hydrogen (secondary N) is 1. The first-order chi connectivity index (χ1) is 13.3. The summed E-state index contributed by atoms with van der Waals surface area (Å²) < 4.78 is 9.59. The van der Waals surface area contributed by atoms with Crippen LogP contribution in [0.2, 0.25) is 0 Å². The van der Waals surface area contributed by atoms with Gasteiger partial charge in [-0.25, -0.2) is 4.79 Å². The van der Waals surface area contributed by atoms with Crippen molar-refractivity contribution in [3.05, 3.63) is 50.7 Å². The molecule has 0 fully saturated rings. The van der Waals surface area contributed by atoms with Gasteiger partial charge in [0.25, 0.3) is 5.56 Å². The second kappa shape index (κ2) is 7.89. The summed E-state index contributed by atoms with van der Waals surface area (Å²) in [5, 5.41) is 13.6. The number of aromatic nitrogens is 4. The van der Waals surface area contributed by atoms with Gasteiger partial charge in [0.2, 0.25) is 5.95 Å². The molecular weight excluding hydrogens is 362 g/mol. The molecule has 0 aliphatic carbocycles. The number of aliphatic hydroxyl groups is 1. The normalized spacial score (nSPS) is 12.3. The molecule has 150 valence electrons. The number of nitrogens with zero attached hydrogens (tertiary/aromatic N) is 4. The van der Waals surface area contributed by atoms with Crippen molar-refractivity contribution in [3.63, 3.8) is 0 Å². The lowest BCUT2D eigenvalue weighted by Crippen LogP contribution is -2.38. The summed E-state index contributed by atoms with van der Waals surface area (Å²) in [6.45, 7) is 4.61. The molecule has 9 heteroatoms. The van der Waals surface area contributed by atoms with Crippen molar-refractivity contribution in [2.75, 3.05) is 18.5 Å². The Bertz CT molecular complexity index is 1090. The molecule has 1 atom stereocenters. The summed E-state index contributed by atoms with van der Waals surface area (Å²) >= 11 is 0. The van der Waals surface area contributed by atoms with E-state index in [1.54, 1.807) is 11.6 Å². The van der Waals surface area contributed by atoms with Crippen LogP contribution < -0.4 is 21.3 Å². The number of anilines is 1. The summed E-state index contributed by atoms with van der Waals surface area (Å²) in [6, 6.07) is 7.53. The largest absolute Gasteiger partial charge is 0.491 e. The van der Waals surface area contributed by atoms with E-state index in [9.17, 15) is 14.7 Å². The number of imidazole rings is 1. The van der Waals surface area contributed by atoms with E-state index in [0.717, 1.165) is 10.1 Å². The molecule has 0 unspecified atom stereocenters. The van der Waals surface area contributed by atoms with Gasteiger partial charge in [0.15, 0.2) is 11.2 Å². The van der Waals surface area contributed by atoms with Crippen LogP contribution in [0, 0.1) is 6.92 Å². The summed E-state index contributed by atoms with van der Waals surface area (Å²) in [5.41, 5.74) is 0.745. The van der Waals surface area contributed by atoms with Crippen molar-refractivity contribution in [2.45, 2.75) is 26.5 Å². The van der Waals surface area contributed by atoms with Gasteiger partial charge in [0.1, 0.15) is 18.5 Å². The molecule has 0 aliphatic heterocycles. The molecule has 2 aromatic heterocycles. The maximum atomic E-state index is 12.7. The fourth-order valence-electron chi connectivity index (χ4n) is 3.01. The van der Waals surface area contributed by atoms with Crippen molar-refractivity contribution >= 4 is 17.1 Å². The molecule has 0 saturated heterocycles. The monoisotopic (exact) mass is 387 g/mol. The van der Waals surface area contributed by atoms with E-state index in [2.05, 4.69) is 10.3 Å². The topological polar surface area (TPSA) is 103 Å². The van der Waals surface area contributed by atoms with Crippen LogP contribution in [0.3, 0.4) is 0 Å². The molecule has 9 nitrogen and oxygen atoms in total. The van der Waals surface area contributed by atoms with Crippen LogP contribution in [-0.4, -0.2) is 43.0 Å². The molecule has 0 amide bonds. The average molecular weight is 387 g/mol. The minimum Gasteiger partial charge on any atom is -0.491 e. The molecule has 3 aromatic rings. The summed E-state index contributed by atoms with van der Waals surface area (Å²) in [4.78, 5) is 29.3. The first kappa shape index (κ1) is 19.7. The second-order valence-electron chi connectivity index (χ2n) is 6.73. The Labute approximate surface area is 161 Å². The summed E-state index contributed by atoms with van der Waals surface area (Å²) in [6.07, 6.45) is -0.877. The fraction of sp³-hybridized carbons (Fsp3) is 0.421. The molecule has 28 heavy (non-hydrogen) atoms. The molecule has 2 N–H and O–H groups in total. The lowest BCUT2D eigenvalue weighted by molar-refractivity contribution is 0.0938. The van der Waals surface area contributed by atoms with Gasteiger partial charge < -0.3 is 19.7 Å². The van der Waals surface area contributed by atoms with E-state index >= 15 is 0 Å². The predicted molar refractivity (Wildman–Crippen MR) is 107 cm³/mol. The van der Waals surface area contributed by atoms with Crippen LogP contribution in [0.15, 0.2) is 33.9 Å². The Balaban J connectivity index is 1.92. The third kappa shape index (κ3) is 3.65. The summed E-state index contributed by atoms with van der Waals surface area (Å²) in [7, 11) is 2.99. The quantitative estimate of drug-likeness (QED) is 0.616. The van der Waals surface area contributed by atoms with E-state index in [1.807, 2.05) is 38.1 Å². The first-order valence-corrected chi connectivity index (χ1v) is 9.11. The highest BCUT2D eigenvalue weighted by atomic mass is 16.5. The molecule has 0 radical (unpaired) electrons. The number of benzene rings is 1. The zero-order valence-electron chi connectivity index (χ0n) is 16.5. The molecule has 1 aromatic carbocycles. The van der Waals surface area contributed by atoms with Crippen LogP contribution in [0.5, 0.6) is 5.75 Å². The maximum absolute atomic E-state index is 12.7. The van der Waals surface area contributed by atoms with Gasteiger partial charge in [-0.05, 0) is 26.0 Å². The van der Waals surface area contributed by atoms with E-state index in [1.165, 1.54) is 11.6 Å². The highest BCUT2D eigenvalue weighted by Crippen LogP contribution is 2.17. The summed E-state index contributed by atoms with van der Waals surface area (Å²) in [5.74, 6) is 1.08. The van der Waals surface area contributed by atoms with Gasteiger partial charge in [-0.15, -0.1) is 0 Å². The number of ether oxygens (including phenoxy) is 1. The van der Waals surface area contributed by atoms with Crippen molar-refractivity contribution < 1.29 is 9.84 Å². The zero-order valence-corrected chi connectivity index (χ0v) is 16.5. The first-order valence-electron chi connectivity index (χ1n) is 9.11. The molecular formula is C19H25N5O4. The van der Waals surface area contributed by atoms with Gasteiger partial charge in [-0.1, -0.05) is 17.7 Å². The zero-order chi connectivity index (χ0) is 20.4. The van der Waals surface area contributed by atoms with Crippen molar-refractivity contribution in [2.24, 2.45) is 14.1 Å². The SMILES string of the molecule is CCNc1nc2c(c(=O)n(C)c(=O)n2C)n1C[C@@H](O)COc1ccc(C)cc1. The molecule has 0 aliphatic rings. The van der Waals surface area contributed by atoms with Gasteiger partial charge >= 0.3 is 5.69 Å². The number of hydrogen-bond donors (Lipinski definition) is 2. The fourth-order valence-corrected chi connectivity index (χ4v) is 3.01. The minimum absolute atomic E-state index is 0.0559. The van der Waals surface area contributed by atoms with Gasteiger partial charge in [0.05, 0.1) is 6.54 Å². The third-order valence-electron chi connectivity index (χ3n) is 4.54. The second-order valence-corrected chi connectivity index (χ2v) is 6.73. The van der Waals surface area contributed by atoms with Crippen molar-refractivity contribution in [3.8, 4) is 5.75 Å². The number of hydrogen-bond acceptors (Lipinski definition) is 6. The lowest BCUT2D eigenvalue weighted by Gasteiger charge is -2.16. The third-order valence-corrected chi connectivity index (χ3v) is 4.54. The van der Waals surface area contributed by atoms with Crippen LogP contribution in [0.4, 0.5) is 5.95 Å². The predicted octanol–water partition coefficient (Wildman–Crippen LogP) is 0.614. The number of aryl methyl sites for hydroxylation is 2. The van der Waals surface area contributed by atoms with E-state index in [0.29, 0.717) is 18.2 Å². The van der Waals surface area contributed by atoms with Gasteiger partial charge in [-0.3, -0.25) is 13.9 Å². The highest BCUT2D eigenvalue weighted by Gasteiger charge is 2.21. The number of aliphatic hydroxyl groups excluding tert-OH is 1. The smallest absolute Gasteiger partial charge is 0.332 e. The van der Waals surface area contributed by atoms with Crippen LogP contribution in [-0.2, 0) is 20.6 Å². The van der Waals surface area contributed by atoms with E-state index in [4.69, 9.17) is 4.74 Å². The Hall–Kier alpha value is -3.07. The van der Waals surface area contributed by atoms with Gasteiger partial charge in [-0.2, -0.15) is 4.98 Å². The molecule has 3 rings (SSSR count). The van der Waals surface area contributed by atoms with Crippen LogP contribution in [0.25, 0.3) is 11.2 Å². The molecule has 0 spiro atoms. The van der Waals surface area contributed by atoms with Crippen LogP contribution >= 0.6 is 0 Å². The van der Waals surface area contributed by atoms with Crippen molar-refractivity contribution in [1.29, 1.82) is 0 Å². The molecule has 2 heterocycles. The number of fused-ring (bicyclic) bond motifs is 1. The Morgan fingerprint density at radius 3 is 2.50 bits per heavy atom. The lowest BCUT2D eigenvalue weighted by atomic mass is 10.2. The Kier molecular flexibility index (Phi) is 5.55. The van der Waals surface area contributed by atoms with E-state index in [-0.39, 0.29) is 24.3 Å². The maximum Gasteiger partial charge on any atom is 0.332 e.